The third-order valence-corrected chi connectivity index (χ3v) is 3.14. The molecule has 0 saturated heterocycles. The Balaban J connectivity index is 2.47. The maximum atomic E-state index is 12.0. The molecular weight excluding hydrogens is 306 g/mol. The van der Waals surface area contributed by atoms with E-state index in [9.17, 15) is 9.59 Å². The standard InChI is InChI=1S/C19H25NO4/c1-5-20(13-15(3)4)18(21)14-24-19(22)12-9-16-7-10-17(11-8-16)23-6-2/h7-12H,3,5-6,13-14H2,1-2,4H3/b12-9+. The number of nitrogens with zero attached hydrogens (tertiary/aromatic N) is 1. The molecule has 1 amide bonds. The molecule has 0 heterocycles. The van der Waals surface area contributed by atoms with E-state index in [-0.39, 0.29) is 12.5 Å². The van der Waals surface area contributed by atoms with Crippen molar-refractivity contribution in [1.29, 1.82) is 0 Å². The van der Waals surface area contributed by atoms with E-state index in [1.807, 2.05) is 45.0 Å². The van der Waals surface area contributed by atoms with Gasteiger partial charge in [-0.2, -0.15) is 0 Å². The summed E-state index contributed by atoms with van der Waals surface area (Å²) in [5, 5.41) is 0. The fourth-order valence-corrected chi connectivity index (χ4v) is 1.98. The zero-order valence-corrected chi connectivity index (χ0v) is 14.6. The van der Waals surface area contributed by atoms with E-state index >= 15 is 0 Å². The minimum absolute atomic E-state index is 0.233. The van der Waals surface area contributed by atoms with Crippen LogP contribution < -0.4 is 4.74 Å². The largest absolute Gasteiger partial charge is 0.494 e. The molecule has 24 heavy (non-hydrogen) atoms. The van der Waals surface area contributed by atoms with Gasteiger partial charge in [0.15, 0.2) is 6.61 Å². The maximum Gasteiger partial charge on any atom is 0.331 e. The maximum absolute atomic E-state index is 12.0. The smallest absolute Gasteiger partial charge is 0.331 e. The number of amides is 1. The summed E-state index contributed by atoms with van der Waals surface area (Å²) in [4.78, 5) is 25.2. The first-order valence-corrected chi connectivity index (χ1v) is 7.96. The third kappa shape index (κ3) is 7.13. The summed E-state index contributed by atoms with van der Waals surface area (Å²) >= 11 is 0. The Morgan fingerprint density at radius 1 is 1.21 bits per heavy atom. The molecule has 0 aliphatic heterocycles. The molecule has 1 aromatic carbocycles. The number of rotatable bonds is 9. The zero-order valence-electron chi connectivity index (χ0n) is 14.6. The van der Waals surface area contributed by atoms with Crippen molar-refractivity contribution in [3.63, 3.8) is 0 Å². The molecule has 1 rings (SSSR count). The molecule has 0 atom stereocenters. The van der Waals surface area contributed by atoms with Crippen LogP contribution in [0.1, 0.15) is 26.3 Å². The Kier molecular flexibility index (Phi) is 8.33. The number of carbonyl (C=O) groups excluding carboxylic acids is 2. The second-order valence-corrected chi connectivity index (χ2v) is 5.31. The summed E-state index contributed by atoms with van der Waals surface area (Å²) in [5.74, 6) is -0.00748. The molecule has 0 spiro atoms. The highest BCUT2D eigenvalue weighted by Gasteiger charge is 2.13. The van der Waals surface area contributed by atoms with Gasteiger partial charge in [0.05, 0.1) is 6.61 Å². The highest BCUT2D eigenvalue weighted by molar-refractivity contribution is 5.89. The second-order valence-electron chi connectivity index (χ2n) is 5.31. The number of esters is 1. The van der Waals surface area contributed by atoms with E-state index in [4.69, 9.17) is 9.47 Å². The number of likely N-dealkylation sites (N-methyl/N-ethyl adjacent to an activating group) is 1. The van der Waals surface area contributed by atoms with Crippen molar-refractivity contribution in [1.82, 2.24) is 4.90 Å². The van der Waals surface area contributed by atoms with E-state index in [2.05, 4.69) is 6.58 Å². The lowest BCUT2D eigenvalue weighted by Crippen LogP contribution is -2.35. The average Bonchev–Trinajstić information content (AvgIpc) is 2.57. The van der Waals surface area contributed by atoms with Crippen molar-refractivity contribution < 1.29 is 19.1 Å². The van der Waals surface area contributed by atoms with Gasteiger partial charge in [-0.15, -0.1) is 0 Å². The van der Waals surface area contributed by atoms with Crippen LogP contribution in [0.4, 0.5) is 0 Å². The van der Waals surface area contributed by atoms with Crippen LogP contribution in [-0.4, -0.2) is 43.1 Å². The van der Waals surface area contributed by atoms with E-state index in [0.717, 1.165) is 16.9 Å². The monoisotopic (exact) mass is 331 g/mol. The van der Waals surface area contributed by atoms with Crippen molar-refractivity contribution >= 4 is 18.0 Å². The molecule has 0 N–H and O–H groups in total. The van der Waals surface area contributed by atoms with Gasteiger partial charge in [-0.3, -0.25) is 4.79 Å². The summed E-state index contributed by atoms with van der Waals surface area (Å²) < 4.78 is 10.3. The lowest BCUT2D eigenvalue weighted by Gasteiger charge is -2.20. The summed E-state index contributed by atoms with van der Waals surface area (Å²) in [6, 6.07) is 7.33. The van der Waals surface area contributed by atoms with Crippen LogP contribution in [0.2, 0.25) is 0 Å². The molecular formula is C19H25NO4. The molecule has 130 valence electrons. The first-order chi connectivity index (χ1) is 11.5. The SMILES string of the molecule is C=C(C)CN(CC)C(=O)COC(=O)/C=C/c1ccc(OCC)cc1. The molecule has 0 aliphatic carbocycles. The van der Waals surface area contributed by atoms with Gasteiger partial charge < -0.3 is 14.4 Å². The summed E-state index contributed by atoms with van der Waals surface area (Å²) in [5.41, 5.74) is 1.73. The first-order valence-electron chi connectivity index (χ1n) is 7.96. The summed E-state index contributed by atoms with van der Waals surface area (Å²) in [7, 11) is 0. The quantitative estimate of drug-likeness (QED) is 0.396. The van der Waals surface area contributed by atoms with Crippen LogP contribution in [0, 0.1) is 0 Å². The van der Waals surface area contributed by atoms with Crippen LogP contribution in [0.25, 0.3) is 6.08 Å². The van der Waals surface area contributed by atoms with E-state index < -0.39 is 5.97 Å². The molecule has 0 saturated carbocycles. The number of hydrogen-bond acceptors (Lipinski definition) is 4. The van der Waals surface area contributed by atoms with Crippen molar-refractivity contribution in [2.24, 2.45) is 0 Å². The van der Waals surface area contributed by atoms with Crippen molar-refractivity contribution in [2.75, 3.05) is 26.3 Å². The number of hydrogen-bond donors (Lipinski definition) is 0. The summed E-state index contributed by atoms with van der Waals surface area (Å²) in [6.45, 7) is 10.8. The van der Waals surface area contributed by atoms with Crippen molar-refractivity contribution in [2.45, 2.75) is 20.8 Å². The van der Waals surface area contributed by atoms with Gasteiger partial charge in [0.1, 0.15) is 5.75 Å². The Morgan fingerprint density at radius 2 is 1.88 bits per heavy atom. The zero-order chi connectivity index (χ0) is 17.9. The van der Waals surface area contributed by atoms with Crippen LogP contribution in [0.5, 0.6) is 5.75 Å². The molecule has 0 aromatic heterocycles. The normalized spacial score (nSPS) is 10.5. The second kappa shape index (κ2) is 10.3. The van der Waals surface area contributed by atoms with Gasteiger partial charge in [-0.25, -0.2) is 4.79 Å². The molecule has 0 unspecified atom stereocenters. The molecule has 0 bridgehead atoms. The van der Waals surface area contributed by atoms with Gasteiger partial charge in [-0.05, 0) is 44.5 Å². The lowest BCUT2D eigenvalue weighted by atomic mass is 10.2. The third-order valence-electron chi connectivity index (χ3n) is 3.14. The average molecular weight is 331 g/mol. The molecule has 1 aromatic rings. The van der Waals surface area contributed by atoms with Gasteiger partial charge in [0, 0.05) is 19.2 Å². The summed E-state index contributed by atoms with van der Waals surface area (Å²) in [6.07, 6.45) is 2.94. The predicted molar refractivity (Wildman–Crippen MR) is 94.7 cm³/mol. The first kappa shape index (κ1) is 19.5. The van der Waals surface area contributed by atoms with E-state index in [1.54, 1.807) is 11.0 Å². The van der Waals surface area contributed by atoms with E-state index in [0.29, 0.717) is 19.7 Å². The van der Waals surface area contributed by atoms with E-state index in [1.165, 1.54) is 6.08 Å². The molecule has 0 radical (unpaired) electrons. The van der Waals surface area contributed by atoms with Crippen LogP contribution in [0.3, 0.4) is 0 Å². The van der Waals surface area contributed by atoms with Crippen LogP contribution >= 0.6 is 0 Å². The predicted octanol–water partition coefficient (Wildman–Crippen LogP) is 3.07. The van der Waals surface area contributed by atoms with Crippen LogP contribution in [-0.2, 0) is 14.3 Å². The number of benzene rings is 1. The lowest BCUT2D eigenvalue weighted by molar-refractivity contribution is -0.147. The van der Waals surface area contributed by atoms with Gasteiger partial charge in [-0.1, -0.05) is 24.3 Å². The minimum Gasteiger partial charge on any atom is -0.494 e. The Morgan fingerprint density at radius 3 is 2.42 bits per heavy atom. The number of ether oxygens (including phenoxy) is 2. The van der Waals surface area contributed by atoms with Crippen LogP contribution in [0.15, 0.2) is 42.5 Å². The minimum atomic E-state index is -0.552. The van der Waals surface area contributed by atoms with Crippen molar-refractivity contribution in [3.05, 3.63) is 48.1 Å². The Hall–Kier alpha value is -2.56. The molecule has 0 aliphatic rings. The molecule has 5 nitrogen and oxygen atoms in total. The molecule has 5 heteroatoms. The van der Waals surface area contributed by atoms with Crippen molar-refractivity contribution in [3.8, 4) is 5.75 Å². The fraction of sp³-hybridized carbons (Fsp3) is 0.368. The van der Waals surface area contributed by atoms with Gasteiger partial charge >= 0.3 is 5.97 Å². The van der Waals surface area contributed by atoms with Gasteiger partial charge in [0.25, 0.3) is 5.91 Å². The highest BCUT2D eigenvalue weighted by atomic mass is 16.5. The number of carbonyl (C=O) groups is 2. The molecule has 0 fully saturated rings. The highest BCUT2D eigenvalue weighted by Crippen LogP contribution is 2.13. The fourth-order valence-electron chi connectivity index (χ4n) is 1.98. The Bertz CT molecular complexity index is 590. The topological polar surface area (TPSA) is 55.8 Å². The van der Waals surface area contributed by atoms with Gasteiger partial charge in [0.2, 0.25) is 0 Å². The Labute approximate surface area is 143 Å².